The average Bonchev–Trinajstić information content (AvgIpc) is 2.93. The molecule has 0 bridgehead atoms. The molecule has 2 heterocycles. The van der Waals surface area contributed by atoms with Gasteiger partial charge in [-0.3, -0.25) is 4.79 Å². The summed E-state index contributed by atoms with van der Waals surface area (Å²) in [5.74, 6) is 1.48. The van der Waals surface area contributed by atoms with E-state index in [1.54, 1.807) is 17.0 Å². The number of H-pyrrole nitrogens is 1. The zero-order valence-electron chi connectivity index (χ0n) is 14.3. The minimum absolute atomic E-state index is 0.0499. The maximum atomic E-state index is 12.8. The minimum atomic E-state index is -0.153. The van der Waals surface area contributed by atoms with Crippen molar-refractivity contribution in [2.24, 2.45) is 0 Å². The molecule has 1 amide bonds. The number of aryl methyl sites for hydroxylation is 2. The third-order valence-corrected chi connectivity index (χ3v) is 4.68. The number of phenols is 1. The summed E-state index contributed by atoms with van der Waals surface area (Å²) in [6.45, 7) is 5.29. The molecule has 1 aliphatic heterocycles. The van der Waals surface area contributed by atoms with Gasteiger partial charge < -0.3 is 19.7 Å². The molecule has 3 rings (SSSR count). The Morgan fingerprint density at radius 1 is 1.42 bits per heavy atom. The Labute approximate surface area is 141 Å². The second-order valence-corrected chi connectivity index (χ2v) is 6.31. The first-order chi connectivity index (χ1) is 11.5. The Morgan fingerprint density at radius 3 is 2.83 bits per heavy atom. The van der Waals surface area contributed by atoms with Crippen LogP contribution in [0.25, 0.3) is 0 Å². The highest BCUT2D eigenvalue weighted by Gasteiger charge is 2.28. The summed E-state index contributed by atoms with van der Waals surface area (Å²) in [5, 5.41) is 10.1. The number of hydrogen-bond donors (Lipinski definition) is 2. The number of nitrogens with one attached hydrogen (secondary N) is 1. The van der Waals surface area contributed by atoms with Crippen LogP contribution in [-0.2, 0) is 0 Å². The van der Waals surface area contributed by atoms with Gasteiger partial charge in [0, 0.05) is 30.8 Å². The number of carbonyl (C=O) groups excluding carboxylic acids is 1. The Bertz CT molecular complexity index is 734. The van der Waals surface area contributed by atoms with Gasteiger partial charge in [0.15, 0.2) is 0 Å². The highest BCUT2D eigenvalue weighted by Crippen LogP contribution is 2.29. The van der Waals surface area contributed by atoms with E-state index in [2.05, 4.69) is 9.97 Å². The first-order valence-electron chi connectivity index (χ1n) is 8.19. The number of rotatable bonds is 3. The quantitative estimate of drug-likeness (QED) is 0.907. The predicted octanol–water partition coefficient (Wildman–Crippen LogP) is 2.76. The number of amides is 1. The number of carbonyl (C=O) groups is 1. The molecule has 1 aliphatic rings. The maximum absolute atomic E-state index is 12.8. The zero-order chi connectivity index (χ0) is 17.3. The van der Waals surface area contributed by atoms with E-state index in [1.807, 2.05) is 13.8 Å². The molecule has 1 fully saturated rings. The van der Waals surface area contributed by atoms with Crippen LogP contribution in [0.3, 0.4) is 0 Å². The average molecular weight is 329 g/mol. The molecule has 128 valence electrons. The molecule has 2 N–H and O–H groups in total. The lowest BCUT2D eigenvalue weighted by atomic mass is 9.96. The van der Waals surface area contributed by atoms with Gasteiger partial charge in [-0.15, -0.1) is 0 Å². The van der Waals surface area contributed by atoms with E-state index in [0.717, 1.165) is 30.1 Å². The van der Waals surface area contributed by atoms with Crippen LogP contribution in [0.5, 0.6) is 11.5 Å². The number of methoxy groups -OCH3 is 1. The summed E-state index contributed by atoms with van der Waals surface area (Å²) in [5.41, 5.74) is 2.38. The van der Waals surface area contributed by atoms with Crippen molar-refractivity contribution in [1.82, 2.24) is 14.9 Å². The summed E-state index contributed by atoms with van der Waals surface area (Å²) in [6, 6.07) is 4.77. The molecular formula is C18H23N3O3. The van der Waals surface area contributed by atoms with Gasteiger partial charge in [0.1, 0.15) is 17.3 Å². The minimum Gasteiger partial charge on any atom is -0.507 e. The third-order valence-electron chi connectivity index (χ3n) is 4.68. The highest BCUT2D eigenvalue weighted by molar-refractivity contribution is 5.97. The molecule has 6 nitrogen and oxygen atoms in total. The summed E-state index contributed by atoms with van der Waals surface area (Å²) in [7, 11) is 1.53. The van der Waals surface area contributed by atoms with E-state index in [-0.39, 0.29) is 17.6 Å². The number of ether oxygens (including phenoxy) is 1. The van der Waals surface area contributed by atoms with Crippen molar-refractivity contribution in [3.63, 3.8) is 0 Å². The summed E-state index contributed by atoms with van der Waals surface area (Å²) < 4.78 is 5.07. The third kappa shape index (κ3) is 3.09. The lowest BCUT2D eigenvalue weighted by molar-refractivity contribution is 0.0701. The normalized spacial score (nSPS) is 17.8. The van der Waals surface area contributed by atoms with Crippen LogP contribution in [0.4, 0.5) is 0 Å². The Kier molecular flexibility index (Phi) is 4.46. The lowest BCUT2D eigenvalue weighted by Crippen LogP contribution is -2.39. The smallest absolute Gasteiger partial charge is 0.257 e. The van der Waals surface area contributed by atoms with Crippen molar-refractivity contribution >= 4 is 5.91 Å². The van der Waals surface area contributed by atoms with E-state index in [1.165, 1.54) is 13.2 Å². The van der Waals surface area contributed by atoms with Crippen molar-refractivity contribution in [1.29, 1.82) is 0 Å². The number of nitrogens with zero attached hydrogens (tertiary/aromatic N) is 2. The van der Waals surface area contributed by atoms with Crippen molar-refractivity contribution < 1.29 is 14.6 Å². The van der Waals surface area contributed by atoms with Gasteiger partial charge in [-0.05, 0) is 38.8 Å². The number of piperidine rings is 1. The Morgan fingerprint density at radius 2 is 2.21 bits per heavy atom. The van der Waals surface area contributed by atoms with E-state index < -0.39 is 0 Å². The molecule has 1 saturated heterocycles. The van der Waals surface area contributed by atoms with E-state index >= 15 is 0 Å². The van der Waals surface area contributed by atoms with Gasteiger partial charge in [-0.1, -0.05) is 0 Å². The number of aromatic nitrogens is 2. The van der Waals surface area contributed by atoms with Crippen molar-refractivity contribution in [2.75, 3.05) is 20.2 Å². The van der Waals surface area contributed by atoms with E-state index in [4.69, 9.17) is 4.74 Å². The summed E-state index contributed by atoms with van der Waals surface area (Å²) in [4.78, 5) is 22.5. The molecule has 1 unspecified atom stereocenters. The molecule has 0 saturated carbocycles. The van der Waals surface area contributed by atoms with Gasteiger partial charge in [0.25, 0.3) is 5.91 Å². The van der Waals surface area contributed by atoms with Crippen LogP contribution >= 0.6 is 0 Å². The van der Waals surface area contributed by atoms with Gasteiger partial charge in [-0.25, -0.2) is 4.98 Å². The fourth-order valence-corrected chi connectivity index (χ4v) is 3.14. The molecule has 0 spiro atoms. The summed E-state index contributed by atoms with van der Waals surface area (Å²) in [6.07, 6.45) is 1.93. The molecule has 1 aromatic carbocycles. The van der Waals surface area contributed by atoms with Crippen molar-refractivity contribution in [3.05, 3.63) is 41.0 Å². The van der Waals surface area contributed by atoms with Crippen LogP contribution in [-0.4, -0.2) is 46.1 Å². The monoisotopic (exact) mass is 329 g/mol. The molecule has 1 atom stereocenters. The van der Waals surface area contributed by atoms with Crippen LogP contribution < -0.4 is 4.74 Å². The number of aromatic hydroxyl groups is 1. The molecule has 24 heavy (non-hydrogen) atoms. The molecular weight excluding hydrogens is 306 g/mol. The Hall–Kier alpha value is -2.50. The molecule has 1 aromatic heterocycles. The number of likely N-dealkylation sites (tertiary alicyclic amines) is 1. The lowest BCUT2D eigenvalue weighted by Gasteiger charge is -2.32. The van der Waals surface area contributed by atoms with E-state index in [0.29, 0.717) is 24.4 Å². The van der Waals surface area contributed by atoms with Crippen molar-refractivity contribution in [2.45, 2.75) is 32.6 Å². The maximum Gasteiger partial charge on any atom is 0.257 e. The first kappa shape index (κ1) is 16.4. The number of imidazole rings is 1. The first-order valence-corrected chi connectivity index (χ1v) is 8.19. The van der Waals surface area contributed by atoms with Gasteiger partial charge >= 0.3 is 0 Å². The SMILES string of the molecule is COc1ccc(C(=O)N2CCCC(c3nc(C)c(C)[nH]3)C2)c(O)c1. The number of benzene rings is 1. The largest absolute Gasteiger partial charge is 0.507 e. The predicted molar refractivity (Wildman–Crippen MR) is 90.6 cm³/mol. The second kappa shape index (κ2) is 6.55. The second-order valence-electron chi connectivity index (χ2n) is 6.31. The highest BCUT2D eigenvalue weighted by atomic mass is 16.5. The van der Waals surface area contributed by atoms with Crippen LogP contribution in [0, 0.1) is 13.8 Å². The van der Waals surface area contributed by atoms with Crippen LogP contribution in [0.1, 0.15) is 46.3 Å². The topological polar surface area (TPSA) is 78.5 Å². The van der Waals surface area contributed by atoms with Crippen LogP contribution in [0.2, 0.25) is 0 Å². The number of aromatic amines is 1. The van der Waals surface area contributed by atoms with Gasteiger partial charge in [-0.2, -0.15) is 0 Å². The molecule has 2 aromatic rings. The van der Waals surface area contributed by atoms with Crippen molar-refractivity contribution in [3.8, 4) is 11.5 Å². The summed E-state index contributed by atoms with van der Waals surface area (Å²) >= 11 is 0. The zero-order valence-corrected chi connectivity index (χ0v) is 14.3. The van der Waals surface area contributed by atoms with E-state index in [9.17, 15) is 9.90 Å². The van der Waals surface area contributed by atoms with Gasteiger partial charge in [0.05, 0.1) is 18.4 Å². The van der Waals surface area contributed by atoms with Crippen LogP contribution in [0.15, 0.2) is 18.2 Å². The van der Waals surface area contributed by atoms with Gasteiger partial charge in [0.2, 0.25) is 0 Å². The molecule has 0 radical (unpaired) electrons. The number of phenolic OH excluding ortho intramolecular Hbond substituents is 1. The standard InChI is InChI=1S/C18H23N3O3/c1-11-12(2)20-17(19-11)13-5-4-8-21(10-13)18(23)15-7-6-14(24-3)9-16(15)22/h6-7,9,13,22H,4-5,8,10H2,1-3H3,(H,19,20). The number of hydrogen-bond acceptors (Lipinski definition) is 4. The Balaban J connectivity index is 1.78. The fraction of sp³-hybridized carbons (Fsp3) is 0.444. The fourth-order valence-electron chi connectivity index (χ4n) is 3.14. The molecule has 6 heteroatoms. The molecule has 0 aliphatic carbocycles.